The van der Waals surface area contributed by atoms with E-state index in [1.165, 1.54) is 24.3 Å². The van der Waals surface area contributed by atoms with Crippen LogP contribution in [0.15, 0.2) is 103 Å². The number of hydrogen-bond acceptors (Lipinski definition) is 3. The van der Waals surface area contributed by atoms with Crippen molar-refractivity contribution in [2.75, 3.05) is 10.6 Å². The van der Waals surface area contributed by atoms with Crippen LogP contribution in [0.25, 0.3) is 32.9 Å². The molecular weight excluding hydrogens is 543 g/mol. The van der Waals surface area contributed by atoms with Crippen LogP contribution in [0, 0.1) is 12.7 Å². The number of aromatic nitrogens is 1. The molecule has 6 aromatic rings. The molecule has 6 rings (SSSR count). The number of fused-ring (bicyclic) bond motifs is 3. The second-order valence-corrected chi connectivity index (χ2v) is 10.3. The molecule has 8 heteroatoms. The third-order valence-electron chi connectivity index (χ3n) is 7.49. The van der Waals surface area contributed by atoms with Crippen molar-refractivity contribution >= 4 is 50.9 Å². The maximum atomic E-state index is 13.3. The Kier molecular flexibility index (Phi) is 7.17. The summed E-state index contributed by atoms with van der Waals surface area (Å²) in [6.07, 6.45) is 0.245. The Morgan fingerprint density at radius 3 is 2.33 bits per heavy atom. The van der Waals surface area contributed by atoms with Gasteiger partial charge in [-0.3, -0.25) is 14.4 Å². The van der Waals surface area contributed by atoms with Crippen LogP contribution in [-0.4, -0.2) is 22.7 Å². The van der Waals surface area contributed by atoms with Gasteiger partial charge in [0, 0.05) is 33.2 Å². The highest BCUT2D eigenvalue weighted by molar-refractivity contribution is 6.20. The van der Waals surface area contributed by atoms with E-state index in [0.717, 1.165) is 38.5 Å². The largest absolute Gasteiger partial charge is 0.366 e. The van der Waals surface area contributed by atoms with Gasteiger partial charge in [-0.15, -0.1) is 0 Å². The smallest absolute Gasteiger partial charge is 0.255 e. The van der Waals surface area contributed by atoms with E-state index in [1.54, 1.807) is 12.1 Å². The molecule has 0 radical (unpaired) electrons. The lowest BCUT2D eigenvalue weighted by atomic mass is 9.93. The van der Waals surface area contributed by atoms with Crippen molar-refractivity contribution in [2.24, 2.45) is 5.73 Å². The number of nitrogens with one attached hydrogen (secondary N) is 3. The maximum Gasteiger partial charge on any atom is 0.255 e. The Balaban J connectivity index is 1.39. The lowest BCUT2D eigenvalue weighted by Gasteiger charge is -2.15. The zero-order valence-corrected chi connectivity index (χ0v) is 23.2. The third-order valence-corrected chi connectivity index (χ3v) is 7.49. The van der Waals surface area contributed by atoms with E-state index in [0.29, 0.717) is 28.0 Å². The van der Waals surface area contributed by atoms with Gasteiger partial charge in [-0.05, 0) is 77.7 Å². The van der Waals surface area contributed by atoms with Crippen LogP contribution in [0.2, 0.25) is 0 Å². The summed E-state index contributed by atoms with van der Waals surface area (Å²) in [5, 5.41) is 7.51. The first-order chi connectivity index (χ1) is 20.8. The average Bonchev–Trinajstić information content (AvgIpc) is 3.37. The molecule has 0 atom stereocenters. The van der Waals surface area contributed by atoms with Crippen molar-refractivity contribution in [2.45, 2.75) is 13.3 Å². The molecule has 5 aromatic carbocycles. The van der Waals surface area contributed by atoms with Crippen LogP contribution in [0.3, 0.4) is 0 Å². The summed E-state index contributed by atoms with van der Waals surface area (Å²) in [7, 11) is 0. The highest BCUT2D eigenvalue weighted by atomic mass is 19.1. The van der Waals surface area contributed by atoms with E-state index in [-0.39, 0.29) is 18.2 Å². The van der Waals surface area contributed by atoms with Crippen LogP contribution in [0.5, 0.6) is 0 Å². The summed E-state index contributed by atoms with van der Waals surface area (Å²) in [4.78, 5) is 41.3. The first kappa shape index (κ1) is 27.4. The lowest BCUT2D eigenvalue weighted by Crippen LogP contribution is -2.14. The second kappa shape index (κ2) is 11.3. The standard InChI is InChI=1S/C35H27FN4O3/c1-20-25(8-5-9-29(20)40-35(43)22-10-12-23(36)13-11-22)26-16-17-28(34(37)42)33-32(26)27-15-14-24(19-30(27)39-33)38-31(41)18-21-6-3-2-4-7-21/h2-17,19,39H,18H2,1H3,(H2,37,42)(H,38,41)(H,40,43). The van der Waals surface area contributed by atoms with Gasteiger partial charge in [0.25, 0.3) is 11.8 Å². The highest BCUT2D eigenvalue weighted by Crippen LogP contribution is 2.39. The van der Waals surface area contributed by atoms with E-state index >= 15 is 0 Å². The molecule has 0 saturated heterocycles. The van der Waals surface area contributed by atoms with Gasteiger partial charge >= 0.3 is 0 Å². The van der Waals surface area contributed by atoms with Gasteiger partial charge in [0.05, 0.1) is 17.5 Å². The number of benzene rings is 5. The molecule has 1 aromatic heterocycles. The summed E-state index contributed by atoms with van der Waals surface area (Å²) < 4.78 is 13.3. The SMILES string of the molecule is Cc1c(NC(=O)c2ccc(F)cc2)cccc1-c1ccc(C(N)=O)c2[nH]c3cc(NC(=O)Cc4ccccc4)ccc3c12. The molecule has 3 amide bonds. The maximum absolute atomic E-state index is 13.3. The molecule has 0 aliphatic carbocycles. The van der Waals surface area contributed by atoms with Gasteiger partial charge in [0.1, 0.15) is 5.82 Å². The first-order valence-electron chi connectivity index (χ1n) is 13.7. The van der Waals surface area contributed by atoms with Crippen molar-refractivity contribution in [3.05, 3.63) is 131 Å². The molecule has 0 unspecified atom stereocenters. The van der Waals surface area contributed by atoms with Gasteiger partial charge in [-0.25, -0.2) is 4.39 Å². The topological polar surface area (TPSA) is 117 Å². The Morgan fingerprint density at radius 2 is 1.58 bits per heavy atom. The molecule has 0 aliphatic rings. The average molecular weight is 571 g/mol. The number of nitrogens with two attached hydrogens (primary N) is 1. The number of hydrogen-bond donors (Lipinski definition) is 4. The number of amides is 3. The molecule has 0 bridgehead atoms. The van der Waals surface area contributed by atoms with Gasteiger partial charge in [-0.1, -0.05) is 54.6 Å². The highest BCUT2D eigenvalue weighted by Gasteiger charge is 2.19. The van der Waals surface area contributed by atoms with E-state index in [2.05, 4.69) is 15.6 Å². The van der Waals surface area contributed by atoms with Crippen LogP contribution in [0.4, 0.5) is 15.8 Å². The van der Waals surface area contributed by atoms with E-state index in [4.69, 9.17) is 5.73 Å². The van der Waals surface area contributed by atoms with Gasteiger partial charge in [0.2, 0.25) is 5.91 Å². The summed E-state index contributed by atoms with van der Waals surface area (Å²) in [5.41, 5.74) is 12.3. The number of aromatic amines is 1. The van der Waals surface area contributed by atoms with Crippen molar-refractivity contribution < 1.29 is 18.8 Å². The van der Waals surface area contributed by atoms with Gasteiger partial charge in [-0.2, -0.15) is 0 Å². The zero-order chi connectivity index (χ0) is 30.1. The molecule has 0 spiro atoms. The Bertz CT molecular complexity index is 2030. The third kappa shape index (κ3) is 5.46. The summed E-state index contributed by atoms with van der Waals surface area (Å²) in [5.74, 6) is -1.49. The van der Waals surface area contributed by atoms with Crippen LogP contribution >= 0.6 is 0 Å². The molecule has 0 fully saturated rings. The molecular formula is C35H27FN4O3. The minimum atomic E-state index is -0.573. The quantitative estimate of drug-likeness (QED) is 0.166. The number of rotatable bonds is 7. The molecule has 43 heavy (non-hydrogen) atoms. The summed E-state index contributed by atoms with van der Waals surface area (Å²) >= 11 is 0. The molecule has 5 N–H and O–H groups in total. The minimum absolute atomic E-state index is 0.143. The molecule has 1 heterocycles. The molecule has 0 aliphatic heterocycles. The first-order valence-corrected chi connectivity index (χ1v) is 13.7. The number of carbonyl (C=O) groups is 3. The van der Waals surface area contributed by atoms with Gasteiger partial charge in [0.15, 0.2) is 0 Å². The van der Waals surface area contributed by atoms with Gasteiger partial charge < -0.3 is 21.4 Å². The predicted molar refractivity (Wildman–Crippen MR) is 168 cm³/mol. The number of carbonyl (C=O) groups excluding carboxylic acids is 3. The second-order valence-electron chi connectivity index (χ2n) is 10.3. The van der Waals surface area contributed by atoms with E-state index < -0.39 is 11.7 Å². The minimum Gasteiger partial charge on any atom is -0.366 e. The summed E-state index contributed by atoms with van der Waals surface area (Å²) in [6.45, 7) is 1.90. The Labute approximate surface area is 246 Å². The lowest BCUT2D eigenvalue weighted by molar-refractivity contribution is -0.115. The van der Waals surface area contributed by atoms with Crippen molar-refractivity contribution in [3.63, 3.8) is 0 Å². The number of halogens is 1. The molecule has 212 valence electrons. The van der Waals surface area contributed by atoms with Crippen LogP contribution in [0.1, 0.15) is 31.8 Å². The van der Waals surface area contributed by atoms with E-state index in [1.807, 2.05) is 73.7 Å². The van der Waals surface area contributed by atoms with Crippen LogP contribution < -0.4 is 16.4 Å². The zero-order valence-electron chi connectivity index (χ0n) is 23.2. The number of anilines is 2. The fourth-order valence-corrected chi connectivity index (χ4v) is 5.37. The fourth-order valence-electron chi connectivity index (χ4n) is 5.37. The molecule has 0 saturated carbocycles. The van der Waals surface area contributed by atoms with Crippen molar-refractivity contribution in [1.29, 1.82) is 0 Å². The summed E-state index contributed by atoms with van der Waals surface area (Å²) in [6, 6.07) is 29.5. The number of H-pyrrole nitrogens is 1. The van der Waals surface area contributed by atoms with Crippen LogP contribution in [-0.2, 0) is 11.2 Å². The Morgan fingerprint density at radius 1 is 0.814 bits per heavy atom. The number of primary amides is 1. The van der Waals surface area contributed by atoms with E-state index in [9.17, 15) is 18.8 Å². The predicted octanol–water partition coefficient (Wildman–Crippen LogP) is 6.97. The van der Waals surface area contributed by atoms with Crippen molar-refractivity contribution in [1.82, 2.24) is 4.98 Å². The monoisotopic (exact) mass is 570 g/mol. The normalized spacial score (nSPS) is 11.0. The fraction of sp³-hybridized carbons (Fsp3) is 0.0571. The van der Waals surface area contributed by atoms with Crippen molar-refractivity contribution in [3.8, 4) is 11.1 Å². The Hall–Kier alpha value is -5.76. The molecule has 7 nitrogen and oxygen atoms in total.